The summed E-state index contributed by atoms with van der Waals surface area (Å²) in [5, 5.41) is 16.2. The predicted octanol–water partition coefficient (Wildman–Crippen LogP) is 0.847. The van der Waals surface area contributed by atoms with Crippen LogP contribution in [0.4, 0.5) is 4.79 Å². The molecule has 2 rings (SSSR count). The van der Waals surface area contributed by atoms with Crippen LogP contribution in [0, 0.1) is 0 Å². The fraction of sp³-hybridized carbons (Fsp3) is 0.176. The van der Waals surface area contributed by atoms with E-state index in [4.69, 9.17) is 0 Å². The molecule has 0 spiro atoms. The van der Waals surface area contributed by atoms with E-state index < -0.39 is 18.0 Å². The van der Waals surface area contributed by atoms with Gasteiger partial charge in [-0.25, -0.2) is 4.79 Å². The monoisotopic (exact) mass is 297 g/mol. The van der Waals surface area contributed by atoms with E-state index in [-0.39, 0.29) is 6.42 Å². The van der Waals surface area contributed by atoms with Crippen LogP contribution in [0.1, 0.15) is 11.1 Å². The fourth-order valence-electron chi connectivity index (χ4n) is 2.03. The van der Waals surface area contributed by atoms with Gasteiger partial charge in [-0.1, -0.05) is 60.7 Å². The van der Waals surface area contributed by atoms with Crippen molar-refractivity contribution in [3.05, 3.63) is 71.8 Å². The third kappa shape index (κ3) is 4.94. The number of aliphatic carboxylic acids is 1. The lowest BCUT2D eigenvalue weighted by Crippen LogP contribution is -2.51. The van der Waals surface area contributed by atoms with Gasteiger partial charge in [-0.2, -0.15) is 0 Å². The Morgan fingerprint density at radius 1 is 0.909 bits per heavy atom. The molecule has 0 fully saturated rings. The largest absolute Gasteiger partial charge is 0.548 e. The summed E-state index contributed by atoms with van der Waals surface area (Å²) in [4.78, 5) is 23.0. The molecule has 22 heavy (non-hydrogen) atoms. The van der Waals surface area contributed by atoms with Gasteiger partial charge in [0.2, 0.25) is 0 Å². The van der Waals surface area contributed by atoms with E-state index >= 15 is 0 Å². The van der Waals surface area contributed by atoms with Crippen molar-refractivity contribution < 1.29 is 14.7 Å². The van der Waals surface area contributed by atoms with Crippen LogP contribution in [-0.2, 0) is 17.8 Å². The van der Waals surface area contributed by atoms with E-state index in [1.807, 2.05) is 48.5 Å². The lowest BCUT2D eigenvalue weighted by atomic mass is 10.1. The highest BCUT2D eigenvalue weighted by Crippen LogP contribution is 2.03. The summed E-state index contributed by atoms with van der Waals surface area (Å²) in [5.41, 5.74) is 1.76. The summed E-state index contributed by atoms with van der Waals surface area (Å²) in [7, 11) is 0. The van der Waals surface area contributed by atoms with E-state index in [9.17, 15) is 14.7 Å². The SMILES string of the molecule is O=C(NCc1ccccc1)N[C@@H](Cc1ccccc1)C(=O)[O-]. The lowest BCUT2D eigenvalue weighted by molar-refractivity contribution is -0.308. The zero-order valence-electron chi connectivity index (χ0n) is 12.0. The molecule has 0 bridgehead atoms. The van der Waals surface area contributed by atoms with Crippen LogP contribution in [0.3, 0.4) is 0 Å². The molecule has 0 aromatic heterocycles. The van der Waals surface area contributed by atoms with Gasteiger partial charge in [-0.15, -0.1) is 0 Å². The predicted molar refractivity (Wildman–Crippen MR) is 80.8 cm³/mol. The van der Waals surface area contributed by atoms with Gasteiger partial charge in [0.25, 0.3) is 0 Å². The quantitative estimate of drug-likeness (QED) is 0.829. The molecule has 0 unspecified atom stereocenters. The second-order valence-electron chi connectivity index (χ2n) is 4.87. The summed E-state index contributed by atoms with van der Waals surface area (Å²) < 4.78 is 0. The Balaban J connectivity index is 1.88. The minimum absolute atomic E-state index is 0.182. The first-order valence-electron chi connectivity index (χ1n) is 6.98. The van der Waals surface area contributed by atoms with Crippen LogP contribution >= 0.6 is 0 Å². The number of nitrogens with one attached hydrogen (secondary N) is 2. The fourth-order valence-corrected chi connectivity index (χ4v) is 2.03. The molecule has 2 aromatic carbocycles. The summed E-state index contributed by atoms with van der Waals surface area (Å²) in [6.07, 6.45) is 0.182. The van der Waals surface area contributed by atoms with Gasteiger partial charge >= 0.3 is 6.03 Å². The van der Waals surface area contributed by atoms with Gasteiger partial charge < -0.3 is 20.5 Å². The number of amides is 2. The Bertz CT molecular complexity index is 614. The number of carboxylic acid groups (broad SMARTS) is 1. The summed E-state index contributed by atoms with van der Waals surface area (Å²) in [5.74, 6) is -1.31. The molecule has 0 aliphatic carbocycles. The summed E-state index contributed by atoms with van der Waals surface area (Å²) in [6.45, 7) is 0.331. The van der Waals surface area contributed by atoms with Crippen molar-refractivity contribution in [2.45, 2.75) is 19.0 Å². The molecule has 0 aliphatic heterocycles. The smallest absolute Gasteiger partial charge is 0.315 e. The molecule has 2 N–H and O–H groups in total. The van der Waals surface area contributed by atoms with Crippen LogP contribution < -0.4 is 15.7 Å². The van der Waals surface area contributed by atoms with Crippen molar-refractivity contribution in [3.8, 4) is 0 Å². The Kier molecular flexibility index (Phi) is 5.54. The van der Waals surface area contributed by atoms with Gasteiger partial charge in [0.1, 0.15) is 0 Å². The Morgan fingerprint density at radius 3 is 2.00 bits per heavy atom. The number of carbonyl (C=O) groups excluding carboxylic acids is 2. The molecule has 5 nitrogen and oxygen atoms in total. The molecule has 0 saturated heterocycles. The van der Waals surface area contributed by atoms with E-state index in [1.54, 1.807) is 12.1 Å². The highest BCUT2D eigenvalue weighted by molar-refractivity contribution is 5.81. The highest BCUT2D eigenvalue weighted by atomic mass is 16.4. The van der Waals surface area contributed by atoms with Gasteiger partial charge in [0.05, 0.1) is 12.0 Å². The molecule has 1 atom stereocenters. The van der Waals surface area contributed by atoms with Gasteiger partial charge in [-0.3, -0.25) is 0 Å². The maximum absolute atomic E-state index is 11.8. The first kappa shape index (κ1) is 15.6. The first-order chi connectivity index (χ1) is 10.6. The topological polar surface area (TPSA) is 81.3 Å². The number of hydrogen-bond donors (Lipinski definition) is 2. The third-order valence-electron chi connectivity index (χ3n) is 3.17. The number of carboxylic acids is 1. The van der Waals surface area contributed by atoms with Crippen molar-refractivity contribution in [3.63, 3.8) is 0 Å². The Morgan fingerprint density at radius 2 is 1.45 bits per heavy atom. The minimum Gasteiger partial charge on any atom is -0.548 e. The van der Waals surface area contributed by atoms with E-state index in [1.165, 1.54) is 0 Å². The average Bonchev–Trinajstić information content (AvgIpc) is 2.54. The Hall–Kier alpha value is -2.82. The third-order valence-corrected chi connectivity index (χ3v) is 3.17. The second-order valence-corrected chi connectivity index (χ2v) is 4.87. The van der Waals surface area contributed by atoms with Crippen molar-refractivity contribution in [2.75, 3.05) is 0 Å². The maximum atomic E-state index is 11.8. The number of carbonyl (C=O) groups is 2. The molecular weight excluding hydrogens is 280 g/mol. The van der Waals surface area contributed by atoms with Crippen molar-refractivity contribution >= 4 is 12.0 Å². The van der Waals surface area contributed by atoms with Crippen LogP contribution in [0.5, 0.6) is 0 Å². The van der Waals surface area contributed by atoms with E-state index in [0.717, 1.165) is 11.1 Å². The molecule has 0 aliphatic rings. The van der Waals surface area contributed by atoms with Crippen LogP contribution in [0.15, 0.2) is 60.7 Å². The lowest BCUT2D eigenvalue weighted by Gasteiger charge is -2.20. The van der Waals surface area contributed by atoms with Gasteiger partial charge in [0.15, 0.2) is 0 Å². The zero-order valence-corrected chi connectivity index (χ0v) is 12.0. The minimum atomic E-state index is -1.31. The molecule has 0 radical (unpaired) electrons. The van der Waals surface area contributed by atoms with Crippen molar-refractivity contribution in [1.29, 1.82) is 0 Å². The zero-order chi connectivity index (χ0) is 15.8. The van der Waals surface area contributed by atoms with Gasteiger partial charge in [-0.05, 0) is 17.5 Å². The van der Waals surface area contributed by atoms with E-state index in [2.05, 4.69) is 10.6 Å². The van der Waals surface area contributed by atoms with Gasteiger partial charge in [0, 0.05) is 6.54 Å². The average molecular weight is 297 g/mol. The van der Waals surface area contributed by atoms with Crippen molar-refractivity contribution in [2.24, 2.45) is 0 Å². The number of benzene rings is 2. The normalized spacial score (nSPS) is 11.5. The van der Waals surface area contributed by atoms with Crippen LogP contribution in [-0.4, -0.2) is 18.0 Å². The highest BCUT2D eigenvalue weighted by Gasteiger charge is 2.13. The molecule has 5 heteroatoms. The maximum Gasteiger partial charge on any atom is 0.315 e. The summed E-state index contributed by atoms with van der Waals surface area (Å²) in [6, 6.07) is 16.9. The number of hydrogen-bond acceptors (Lipinski definition) is 3. The van der Waals surface area contributed by atoms with E-state index in [0.29, 0.717) is 6.54 Å². The van der Waals surface area contributed by atoms with Crippen LogP contribution in [0.2, 0.25) is 0 Å². The summed E-state index contributed by atoms with van der Waals surface area (Å²) >= 11 is 0. The first-order valence-corrected chi connectivity index (χ1v) is 6.98. The molecule has 0 heterocycles. The molecule has 2 amide bonds. The molecule has 114 valence electrons. The van der Waals surface area contributed by atoms with Crippen LogP contribution in [0.25, 0.3) is 0 Å². The standard InChI is InChI=1S/C17H18N2O3/c20-16(21)15(11-13-7-3-1-4-8-13)19-17(22)18-12-14-9-5-2-6-10-14/h1-10,15H,11-12H2,(H,20,21)(H2,18,19,22)/p-1/t15-/m0/s1. The molecule has 0 saturated carbocycles. The second kappa shape index (κ2) is 7.83. The molecule has 2 aromatic rings. The number of urea groups is 1. The molecular formula is C17H17N2O3-. The van der Waals surface area contributed by atoms with Crippen molar-refractivity contribution in [1.82, 2.24) is 10.6 Å². The number of rotatable bonds is 6. The Labute approximate surface area is 129 Å².